The maximum absolute atomic E-state index is 14.1. The zero-order valence-electron chi connectivity index (χ0n) is 22.9. The molecule has 39 heavy (non-hydrogen) atoms. The molecule has 0 saturated heterocycles. The molecule has 3 aromatic rings. The highest BCUT2D eigenvalue weighted by molar-refractivity contribution is 7.92. The van der Waals surface area contributed by atoms with E-state index in [-0.39, 0.29) is 18.9 Å². The molecular formula is C30H36ClN3O4S. The molecule has 1 unspecified atom stereocenters. The molecule has 1 N–H and O–H groups in total. The van der Waals surface area contributed by atoms with Gasteiger partial charge in [-0.3, -0.25) is 13.9 Å². The number of sulfonamides is 1. The zero-order valence-corrected chi connectivity index (χ0v) is 24.4. The second-order valence-corrected chi connectivity index (χ2v) is 12.0. The molecule has 0 aromatic heterocycles. The topological polar surface area (TPSA) is 86.8 Å². The molecule has 2 amide bonds. The monoisotopic (exact) mass is 569 g/mol. The number of nitrogens with zero attached hydrogens (tertiary/aromatic N) is 2. The zero-order chi connectivity index (χ0) is 28.6. The van der Waals surface area contributed by atoms with Gasteiger partial charge in [-0.2, -0.15) is 0 Å². The summed E-state index contributed by atoms with van der Waals surface area (Å²) in [5.41, 5.74) is 3.55. The Labute approximate surface area is 236 Å². The third kappa shape index (κ3) is 8.31. The van der Waals surface area contributed by atoms with Gasteiger partial charge in [0.05, 0.1) is 11.9 Å². The maximum atomic E-state index is 14.1. The van der Waals surface area contributed by atoms with Crippen LogP contribution in [0, 0.1) is 13.8 Å². The Kier molecular flexibility index (Phi) is 10.5. The van der Waals surface area contributed by atoms with Crippen molar-refractivity contribution in [1.82, 2.24) is 10.2 Å². The minimum atomic E-state index is -3.83. The van der Waals surface area contributed by atoms with Gasteiger partial charge in [-0.15, -0.1) is 0 Å². The molecule has 0 heterocycles. The second-order valence-electron chi connectivity index (χ2n) is 9.67. The fourth-order valence-corrected chi connectivity index (χ4v) is 5.41. The van der Waals surface area contributed by atoms with Crippen molar-refractivity contribution >= 4 is 39.1 Å². The molecule has 0 fully saturated rings. The number of halogens is 1. The summed E-state index contributed by atoms with van der Waals surface area (Å²) in [6.45, 7) is 5.65. The van der Waals surface area contributed by atoms with E-state index in [4.69, 9.17) is 11.6 Å². The average molecular weight is 570 g/mol. The molecule has 208 valence electrons. The van der Waals surface area contributed by atoms with Crippen LogP contribution in [0.15, 0.2) is 72.8 Å². The number of carbonyl (C=O) groups is 2. The van der Waals surface area contributed by atoms with Crippen LogP contribution in [0.1, 0.15) is 35.6 Å². The number of aryl methyl sites for hydroxylation is 2. The van der Waals surface area contributed by atoms with Crippen molar-refractivity contribution < 1.29 is 18.0 Å². The molecule has 1 atom stereocenters. The summed E-state index contributed by atoms with van der Waals surface area (Å²) < 4.78 is 27.0. The first-order valence-corrected chi connectivity index (χ1v) is 15.1. The van der Waals surface area contributed by atoms with Gasteiger partial charge >= 0.3 is 0 Å². The fraction of sp³-hybridized carbons (Fsp3) is 0.333. The number of anilines is 1. The van der Waals surface area contributed by atoms with E-state index in [1.807, 2.05) is 62.4 Å². The normalized spacial score (nSPS) is 12.0. The van der Waals surface area contributed by atoms with Crippen molar-refractivity contribution in [2.75, 3.05) is 23.7 Å². The summed E-state index contributed by atoms with van der Waals surface area (Å²) >= 11 is 6.47. The highest BCUT2D eigenvalue weighted by Crippen LogP contribution is 2.26. The number of hydrogen-bond acceptors (Lipinski definition) is 4. The Morgan fingerprint density at radius 3 is 2.28 bits per heavy atom. The second kappa shape index (κ2) is 13.6. The third-order valence-corrected chi connectivity index (χ3v) is 7.93. The first-order valence-electron chi connectivity index (χ1n) is 12.9. The summed E-state index contributed by atoms with van der Waals surface area (Å²) in [6, 6.07) is 21.1. The highest BCUT2D eigenvalue weighted by atomic mass is 35.5. The van der Waals surface area contributed by atoms with E-state index in [0.29, 0.717) is 22.8 Å². The van der Waals surface area contributed by atoms with Crippen LogP contribution in [0.4, 0.5) is 5.69 Å². The number of carbonyl (C=O) groups excluding carboxylic acids is 2. The van der Waals surface area contributed by atoms with Crippen LogP contribution in [0.5, 0.6) is 0 Å². The van der Waals surface area contributed by atoms with Crippen molar-refractivity contribution in [3.63, 3.8) is 0 Å². The van der Waals surface area contributed by atoms with Crippen molar-refractivity contribution in [2.45, 2.75) is 46.2 Å². The SMILES string of the molecule is CCCNC(=O)C(Cc1ccccc1)N(Cc1ccccc1Cl)C(=O)CN(c1cc(C)ccc1C)S(C)(=O)=O. The molecule has 0 saturated carbocycles. The number of benzene rings is 3. The van der Waals surface area contributed by atoms with Crippen LogP contribution in [0.2, 0.25) is 5.02 Å². The first-order chi connectivity index (χ1) is 18.5. The van der Waals surface area contributed by atoms with Gasteiger partial charge in [-0.25, -0.2) is 8.42 Å². The molecule has 0 spiro atoms. The highest BCUT2D eigenvalue weighted by Gasteiger charge is 2.33. The van der Waals surface area contributed by atoms with E-state index in [2.05, 4.69) is 5.32 Å². The van der Waals surface area contributed by atoms with E-state index in [1.165, 1.54) is 4.90 Å². The van der Waals surface area contributed by atoms with Gasteiger partial charge < -0.3 is 10.2 Å². The predicted molar refractivity (Wildman–Crippen MR) is 157 cm³/mol. The van der Waals surface area contributed by atoms with Crippen LogP contribution >= 0.6 is 11.6 Å². The van der Waals surface area contributed by atoms with Gasteiger partial charge in [-0.1, -0.05) is 79.2 Å². The molecule has 0 aliphatic heterocycles. The Hall–Kier alpha value is -3.36. The minimum Gasteiger partial charge on any atom is -0.354 e. The molecule has 0 aliphatic carbocycles. The lowest BCUT2D eigenvalue weighted by atomic mass is 10.0. The molecule has 0 bridgehead atoms. The van der Waals surface area contributed by atoms with Gasteiger partial charge in [0.2, 0.25) is 21.8 Å². The van der Waals surface area contributed by atoms with Gasteiger partial charge in [0, 0.05) is 24.5 Å². The third-order valence-electron chi connectivity index (χ3n) is 6.43. The van der Waals surface area contributed by atoms with Gasteiger partial charge in [0.15, 0.2) is 0 Å². The lowest BCUT2D eigenvalue weighted by Gasteiger charge is -2.34. The fourth-order valence-electron chi connectivity index (χ4n) is 4.31. The quantitative estimate of drug-likeness (QED) is 0.336. The van der Waals surface area contributed by atoms with Gasteiger partial charge in [0.25, 0.3) is 0 Å². The molecule has 3 aromatic carbocycles. The van der Waals surface area contributed by atoms with E-state index in [9.17, 15) is 18.0 Å². The van der Waals surface area contributed by atoms with Gasteiger partial charge in [-0.05, 0) is 54.7 Å². The number of hydrogen-bond donors (Lipinski definition) is 1. The van der Waals surface area contributed by atoms with Crippen molar-refractivity contribution in [1.29, 1.82) is 0 Å². The first kappa shape index (κ1) is 30.2. The van der Waals surface area contributed by atoms with Crippen LogP contribution < -0.4 is 9.62 Å². The predicted octanol–water partition coefficient (Wildman–Crippen LogP) is 4.89. The molecule has 3 rings (SSSR count). The smallest absolute Gasteiger partial charge is 0.244 e. The largest absolute Gasteiger partial charge is 0.354 e. The molecule has 7 nitrogen and oxygen atoms in total. The Morgan fingerprint density at radius 2 is 1.64 bits per heavy atom. The molecular weight excluding hydrogens is 534 g/mol. The molecule has 9 heteroatoms. The molecule has 0 aliphatic rings. The van der Waals surface area contributed by atoms with Gasteiger partial charge in [0.1, 0.15) is 12.6 Å². The van der Waals surface area contributed by atoms with Crippen molar-refractivity contribution in [2.24, 2.45) is 0 Å². The number of rotatable bonds is 12. The van der Waals surface area contributed by atoms with Crippen molar-refractivity contribution in [3.8, 4) is 0 Å². The maximum Gasteiger partial charge on any atom is 0.244 e. The standard InChI is InChI=1S/C30H36ClN3O4S/c1-5-17-32-30(36)28(19-24-11-7-6-8-12-24)33(20-25-13-9-10-14-26(25)31)29(35)21-34(39(4,37)38)27-18-22(2)15-16-23(27)3/h6-16,18,28H,5,17,19-21H2,1-4H3,(H,32,36). The summed E-state index contributed by atoms with van der Waals surface area (Å²) in [6.07, 6.45) is 2.07. The van der Waals surface area contributed by atoms with Crippen LogP contribution in [-0.4, -0.2) is 50.5 Å². The van der Waals surface area contributed by atoms with Crippen LogP contribution in [0.25, 0.3) is 0 Å². The Balaban J connectivity index is 2.08. The minimum absolute atomic E-state index is 0.0416. The summed E-state index contributed by atoms with van der Waals surface area (Å²) in [4.78, 5) is 29.0. The van der Waals surface area contributed by atoms with Crippen LogP contribution in [-0.2, 0) is 32.6 Å². The Bertz CT molecular complexity index is 1400. The molecule has 0 radical (unpaired) electrons. The summed E-state index contributed by atoms with van der Waals surface area (Å²) in [7, 11) is -3.83. The lowest BCUT2D eigenvalue weighted by Crippen LogP contribution is -2.53. The van der Waals surface area contributed by atoms with E-state index in [0.717, 1.165) is 33.7 Å². The van der Waals surface area contributed by atoms with E-state index >= 15 is 0 Å². The number of nitrogens with one attached hydrogen (secondary N) is 1. The van der Waals surface area contributed by atoms with Crippen LogP contribution in [0.3, 0.4) is 0 Å². The lowest BCUT2D eigenvalue weighted by molar-refractivity contribution is -0.140. The average Bonchev–Trinajstić information content (AvgIpc) is 2.90. The van der Waals surface area contributed by atoms with Crippen molar-refractivity contribution in [3.05, 3.63) is 100 Å². The number of amides is 2. The Morgan fingerprint density at radius 1 is 0.974 bits per heavy atom. The van der Waals surface area contributed by atoms with E-state index < -0.39 is 28.5 Å². The summed E-state index contributed by atoms with van der Waals surface area (Å²) in [5.74, 6) is -0.812. The van der Waals surface area contributed by atoms with E-state index in [1.54, 1.807) is 31.2 Å². The summed E-state index contributed by atoms with van der Waals surface area (Å²) in [5, 5.41) is 3.38.